The summed E-state index contributed by atoms with van der Waals surface area (Å²) in [5.41, 5.74) is 0.794. The maximum Gasteiger partial charge on any atom is 0.267 e. The molecule has 21 heavy (non-hydrogen) atoms. The zero-order valence-corrected chi connectivity index (χ0v) is 12.0. The molecule has 106 valence electrons. The molecule has 0 saturated carbocycles. The first-order valence-corrected chi connectivity index (χ1v) is 6.76. The fourth-order valence-electron chi connectivity index (χ4n) is 1.81. The van der Waals surface area contributed by atoms with Gasteiger partial charge in [-0.25, -0.2) is 0 Å². The van der Waals surface area contributed by atoms with Crippen LogP contribution in [0.4, 0.5) is 0 Å². The average molecular weight is 302 g/mol. The number of aromatic nitrogens is 3. The van der Waals surface area contributed by atoms with Crippen molar-refractivity contribution in [3.63, 3.8) is 0 Å². The highest BCUT2D eigenvalue weighted by molar-refractivity contribution is 6.30. The number of nitrogens with zero attached hydrogens (tertiary/aromatic N) is 3. The van der Waals surface area contributed by atoms with Crippen LogP contribution in [0.2, 0.25) is 5.02 Å². The van der Waals surface area contributed by atoms with Crippen molar-refractivity contribution in [3.8, 4) is 17.1 Å². The molecule has 1 unspecified atom stereocenters. The van der Waals surface area contributed by atoms with Gasteiger partial charge in [0.25, 0.3) is 5.89 Å². The zero-order valence-electron chi connectivity index (χ0n) is 11.2. The molecule has 0 fully saturated rings. The van der Waals surface area contributed by atoms with Gasteiger partial charge in [-0.2, -0.15) is 4.98 Å². The summed E-state index contributed by atoms with van der Waals surface area (Å²) >= 11 is 5.92. The van der Waals surface area contributed by atoms with Crippen molar-refractivity contribution in [1.29, 1.82) is 0 Å². The lowest BCUT2D eigenvalue weighted by molar-refractivity contribution is 0.176. The molecule has 2 heterocycles. The molecule has 0 aliphatic rings. The van der Waals surface area contributed by atoms with Gasteiger partial charge in [-0.05, 0) is 37.3 Å². The van der Waals surface area contributed by atoms with Gasteiger partial charge in [-0.3, -0.25) is 4.98 Å². The third-order valence-corrected chi connectivity index (χ3v) is 3.05. The van der Waals surface area contributed by atoms with Crippen LogP contribution in [-0.2, 0) is 0 Å². The smallest absolute Gasteiger partial charge is 0.267 e. The van der Waals surface area contributed by atoms with Crippen LogP contribution in [0, 0.1) is 0 Å². The molecule has 2 aromatic heterocycles. The minimum absolute atomic E-state index is 0.374. The summed E-state index contributed by atoms with van der Waals surface area (Å²) in [6.45, 7) is 1.83. The van der Waals surface area contributed by atoms with E-state index in [2.05, 4.69) is 15.1 Å². The van der Waals surface area contributed by atoms with E-state index in [4.69, 9.17) is 20.9 Å². The van der Waals surface area contributed by atoms with Crippen molar-refractivity contribution in [2.75, 3.05) is 0 Å². The van der Waals surface area contributed by atoms with E-state index < -0.39 is 0 Å². The highest BCUT2D eigenvalue weighted by atomic mass is 35.5. The van der Waals surface area contributed by atoms with Gasteiger partial charge >= 0.3 is 0 Å². The summed E-state index contributed by atoms with van der Waals surface area (Å²) in [6, 6.07) is 10.8. The van der Waals surface area contributed by atoms with E-state index in [0.717, 1.165) is 5.56 Å². The average Bonchev–Trinajstić information content (AvgIpc) is 2.98. The lowest BCUT2D eigenvalue weighted by atomic mass is 10.3. The standard InChI is InChI=1S/C15H12ClN3O2/c1-10(20-13-6-2-5-12(16)8-13)15-18-14(19-21-15)11-4-3-7-17-9-11/h2-10H,1H3. The second-order valence-electron chi connectivity index (χ2n) is 4.42. The van der Waals surface area contributed by atoms with E-state index in [0.29, 0.717) is 22.5 Å². The number of hydrogen-bond acceptors (Lipinski definition) is 5. The van der Waals surface area contributed by atoms with E-state index in [9.17, 15) is 0 Å². The van der Waals surface area contributed by atoms with Crippen LogP contribution in [0.15, 0.2) is 53.3 Å². The molecule has 0 amide bonds. The number of rotatable bonds is 4. The van der Waals surface area contributed by atoms with Gasteiger partial charge in [0.05, 0.1) is 0 Å². The van der Waals surface area contributed by atoms with E-state index in [1.54, 1.807) is 24.5 Å². The van der Waals surface area contributed by atoms with Crippen molar-refractivity contribution in [2.24, 2.45) is 0 Å². The Bertz CT molecular complexity index is 731. The second-order valence-corrected chi connectivity index (χ2v) is 4.85. The summed E-state index contributed by atoms with van der Waals surface area (Å²) in [4.78, 5) is 8.35. The number of pyridine rings is 1. The summed E-state index contributed by atoms with van der Waals surface area (Å²) in [5.74, 6) is 1.53. The Morgan fingerprint density at radius 3 is 2.90 bits per heavy atom. The van der Waals surface area contributed by atoms with E-state index in [1.807, 2.05) is 31.2 Å². The number of hydrogen-bond donors (Lipinski definition) is 0. The predicted octanol–water partition coefficient (Wildman–Crippen LogP) is 3.93. The first-order valence-electron chi connectivity index (χ1n) is 6.38. The van der Waals surface area contributed by atoms with Crippen molar-refractivity contribution in [1.82, 2.24) is 15.1 Å². The molecule has 0 aliphatic heterocycles. The largest absolute Gasteiger partial charge is 0.481 e. The van der Waals surface area contributed by atoms with Crippen LogP contribution in [0.3, 0.4) is 0 Å². The SMILES string of the molecule is CC(Oc1cccc(Cl)c1)c1nc(-c2cccnc2)no1. The number of benzene rings is 1. The predicted molar refractivity (Wildman–Crippen MR) is 78.0 cm³/mol. The van der Waals surface area contributed by atoms with Crippen molar-refractivity contribution in [3.05, 3.63) is 59.7 Å². The molecule has 0 bridgehead atoms. The molecule has 0 spiro atoms. The zero-order chi connectivity index (χ0) is 14.7. The first kappa shape index (κ1) is 13.6. The maximum atomic E-state index is 5.92. The Balaban J connectivity index is 1.77. The Hall–Kier alpha value is -2.40. The van der Waals surface area contributed by atoms with Crippen LogP contribution < -0.4 is 4.74 Å². The maximum absolute atomic E-state index is 5.92. The molecular weight excluding hydrogens is 290 g/mol. The molecule has 0 aliphatic carbocycles. The van der Waals surface area contributed by atoms with Gasteiger partial charge in [0, 0.05) is 23.0 Å². The molecule has 1 aromatic carbocycles. The molecule has 6 heteroatoms. The molecule has 1 atom stereocenters. The van der Waals surface area contributed by atoms with Crippen molar-refractivity contribution < 1.29 is 9.26 Å². The highest BCUT2D eigenvalue weighted by Gasteiger charge is 2.17. The molecule has 3 rings (SSSR count). The topological polar surface area (TPSA) is 61.0 Å². The van der Waals surface area contributed by atoms with Gasteiger partial charge in [0.15, 0.2) is 6.10 Å². The summed E-state index contributed by atoms with van der Waals surface area (Å²) < 4.78 is 11.0. The normalized spacial score (nSPS) is 12.1. The van der Waals surface area contributed by atoms with Gasteiger partial charge < -0.3 is 9.26 Å². The molecular formula is C15H12ClN3O2. The van der Waals surface area contributed by atoms with Crippen LogP contribution in [0.1, 0.15) is 18.9 Å². The third-order valence-electron chi connectivity index (χ3n) is 2.82. The number of halogens is 1. The minimum Gasteiger partial charge on any atom is -0.481 e. The Morgan fingerprint density at radius 1 is 1.24 bits per heavy atom. The van der Waals surface area contributed by atoms with Gasteiger partial charge in [-0.1, -0.05) is 22.8 Å². The van der Waals surface area contributed by atoms with Gasteiger partial charge in [0.2, 0.25) is 5.82 Å². The fourth-order valence-corrected chi connectivity index (χ4v) is 1.99. The first-order chi connectivity index (χ1) is 10.2. The van der Waals surface area contributed by atoms with Gasteiger partial charge in [-0.15, -0.1) is 0 Å². The summed E-state index contributed by atoms with van der Waals surface area (Å²) in [7, 11) is 0. The lowest BCUT2D eigenvalue weighted by Gasteiger charge is -2.10. The summed E-state index contributed by atoms with van der Waals surface area (Å²) in [6.07, 6.45) is 2.99. The summed E-state index contributed by atoms with van der Waals surface area (Å²) in [5, 5.41) is 4.55. The monoisotopic (exact) mass is 301 g/mol. The van der Waals surface area contributed by atoms with Gasteiger partial charge in [0.1, 0.15) is 5.75 Å². The Labute approximate surface area is 126 Å². The van der Waals surface area contributed by atoms with E-state index in [-0.39, 0.29) is 6.10 Å². The molecule has 0 N–H and O–H groups in total. The van der Waals surface area contributed by atoms with Crippen LogP contribution in [-0.4, -0.2) is 15.1 Å². The molecule has 0 saturated heterocycles. The molecule has 5 nitrogen and oxygen atoms in total. The van der Waals surface area contributed by atoms with Crippen LogP contribution >= 0.6 is 11.6 Å². The van der Waals surface area contributed by atoms with Crippen molar-refractivity contribution in [2.45, 2.75) is 13.0 Å². The van der Waals surface area contributed by atoms with Crippen LogP contribution in [0.25, 0.3) is 11.4 Å². The third kappa shape index (κ3) is 3.20. The highest BCUT2D eigenvalue weighted by Crippen LogP contribution is 2.24. The fraction of sp³-hybridized carbons (Fsp3) is 0.133. The Morgan fingerprint density at radius 2 is 2.14 bits per heavy atom. The van der Waals surface area contributed by atoms with Crippen molar-refractivity contribution >= 4 is 11.6 Å². The molecule has 3 aromatic rings. The van der Waals surface area contributed by atoms with E-state index in [1.165, 1.54) is 0 Å². The number of ether oxygens (including phenoxy) is 1. The lowest BCUT2D eigenvalue weighted by Crippen LogP contribution is -2.03. The second kappa shape index (κ2) is 5.93. The molecule has 0 radical (unpaired) electrons. The quantitative estimate of drug-likeness (QED) is 0.731. The Kier molecular flexibility index (Phi) is 3.83. The van der Waals surface area contributed by atoms with E-state index >= 15 is 0 Å². The van der Waals surface area contributed by atoms with Crippen LogP contribution in [0.5, 0.6) is 5.75 Å². The minimum atomic E-state index is -0.374.